The van der Waals surface area contributed by atoms with Crippen LogP contribution in [0.3, 0.4) is 0 Å². The molecule has 7 heteroatoms. The Morgan fingerprint density at radius 2 is 1.59 bits per heavy atom. The van der Waals surface area contributed by atoms with Gasteiger partial charge in [0.2, 0.25) is 0 Å². The van der Waals surface area contributed by atoms with Crippen LogP contribution in [0.1, 0.15) is 25.7 Å². The Balaban J connectivity index is 2.08. The Bertz CT molecular complexity index is 465. The molecule has 0 aromatic heterocycles. The van der Waals surface area contributed by atoms with Gasteiger partial charge in [-0.15, -0.1) is 0 Å². The average Bonchev–Trinajstić information content (AvgIpc) is 2.42. The number of rotatable bonds is 10. The number of benzene rings is 1. The van der Waals surface area contributed by atoms with Crippen LogP contribution >= 0.6 is 46.4 Å². The first-order valence-corrected chi connectivity index (χ1v) is 8.41. The van der Waals surface area contributed by atoms with Gasteiger partial charge in [-0.25, -0.2) is 0 Å². The summed E-state index contributed by atoms with van der Waals surface area (Å²) < 4.78 is 11.1. The molecule has 0 fully saturated rings. The van der Waals surface area contributed by atoms with Gasteiger partial charge in [-0.3, -0.25) is 0 Å². The Hall–Kier alpha value is -0.320. The summed E-state index contributed by atoms with van der Waals surface area (Å²) in [5, 5.41) is 9.94. The van der Waals surface area contributed by atoms with Crippen molar-refractivity contribution in [1.82, 2.24) is 0 Å². The van der Waals surface area contributed by atoms with Crippen LogP contribution in [0.2, 0.25) is 10.0 Å². The summed E-state index contributed by atoms with van der Waals surface area (Å²) in [5.41, 5.74) is 0. The van der Waals surface area contributed by atoms with E-state index in [1.165, 1.54) is 12.1 Å². The van der Waals surface area contributed by atoms with Gasteiger partial charge in [0.25, 0.3) is 0 Å². The van der Waals surface area contributed by atoms with E-state index in [1.807, 2.05) is 0 Å². The van der Waals surface area contributed by atoms with Crippen LogP contribution in [0.25, 0.3) is 0 Å². The number of aromatic hydroxyl groups is 1. The SMILES string of the molecule is Oc1cc(Cl)c(OCCCCCCOCC=C(Cl)Cl)c(Cl)c1. The minimum atomic E-state index is 0.0210. The van der Waals surface area contributed by atoms with Crippen molar-refractivity contribution in [3.63, 3.8) is 0 Å². The van der Waals surface area contributed by atoms with E-state index in [0.717, 1.165) is 25.7 Å². The Morgan fingerprint density at radius 3 is 2.18 bits per heavy atom. The molecule has 0 amide bonds. The van der Waals surface area contributed by atoms with Gasteiger partial charge in [-0.05, 0) is 25.3 Å². The average molecular weight is 388 g/mol. The van der Waals surface area contributed by atoms with Crippen LogP contribution in [0, 0.1) is 0 Å². The van der Waals surface area contributed by atoms with Crippen molar-refractivity contribution in [1.29, 1.82) is 0 Å². The second kappa shape index (κ2) is 11.3. The Kier molecular flexibility index (Phi) is 10.1. The van der Waals surface area contributed by atoms with Crippen LogP contribution in [0.15, 0.2) is 22.7 Å². The molecule has 1 aromatic rings. The predicted octanol–water partition coefficient (Wildman–Crippen LogP) is 5.97. The maximum atomic E-state index is 9.32. The lowest BCUT2D eigenvalue weighted by Crippen LogP contribution is -1.99. The van der Waals surface area contributed by atoms with Crippen molar-refractivity contribution in [2.24, 2.45) is 0 Å². The summed E-state index contributed by atoms with van der Waals surface area (Å²) in [4.78, 5) is 0. The van der Waals surface area contributed by atoms with E-state index in [9.17, 15) is 5.11 Å². The molecular formula is C15H18Cl4O3. The highest BCUT2D eigenvalue weighted by Gasteiger charge is 2.09. The molecule has 3 nitrogen and oxygen atoms in total. The first-order chi connectivity index (χ1) is 10.5. The van der Waals surface area contributed by atoms with Crippen LogP contribution < -0.4 is 4.74 Å². The highest BCUT2D eigenvalue weighted by Crippen LogP contribution is 2.36. The smallest absolute Gasteiger partial charge is 0.156 e. The van der Waals surface area contributed by atoms with Crippen LogP contribution in [-0.4, -0.2) is 24.9 Å². The molecule has 1 rings (SSSR count). The topological polar surface area (TPSA) is 38.7 Å². The standard InChI is InChI=1S/C15H18Cl4O3/c16-12-9-11(20)10-13(17)15(12)22-7-4-2-1-3-6-21-8-5-14(18)19/h5,9-10,20H,1-4,6-8H2. The molecule has 0 aliphatic heterocycles. The van der Waals surface area contributed by atoms with E-state index in [2.05, 4.69) is 0 Å². The molecule has 0 bridgehead atoms. The summed E-state index contributed by atoms with van der Waals surface area (Å²) in [6, 6.07) is 2.81. The first kappa shape index (κ1) is 19.7. The molecule has 0 spiro atoms. The van der Waals surface area contributed by atoms with E-state index >= 15 is 0 Å². The lowest BCUT2D eigenvalue weighted by Gasteiger charge is -2.10. The predicted molar refractivity (Wildman–Crippen MR) is 92.7 cm³/mol. The quantitative estimate of drug-likeness (QED) is 0.502. The summed E-state index contributed by atoms with van der Waals surface area (Å²) in [6.07, 6.45) is 5.53. The molecule has 0 unspecified atom stereocenters. The number of phenols is 1. The Labute approximate surface area is 150 Å². The molecule has 0 heterocycles. The number of hydrogen-bond acceptors (Lipinski definition) is 3. The third kappa shape index (κ3) is 8.35. The maximum Gasteiger partial charge on any atom is 0.156 e. The second-order valence-electron chi connectivity index (χ2n) is 4.57. The molecule has 22 heavy (non-hydrogen) atoms. The zero-order valence-corrected chi connectivity index (χ0v) is 15.0. The molecule has 0 saturated heterocycles. The molecule has 1 N–H and O–H groups in total. The number of ether oxygens (including phenoxy) is 2. The summed E-state index contributed by atoms with van der Waals surface area (Å²) in [7, 11) is 0. The van der Waals surface area contributed by atoms with Gasteiger partial charge in [-0.1, -0.05) is 52.8 Å². The largest absolute Gasteiger partial charge is 0.508 e. The lowest BCUT2D eigenvalue weighted by atomic mass is 10.2. The Morgan fingerprint density at radius 1 is 1.00 bits per heavy atom. The number of hydrogen-bond donors (Lipinski definition) is 1. The summed E-state index contributed by atoms with van der Waals surface area (Å²) in [5.74, 6) is 0.432. The molecule has 0 aliphatic carbocycles. The molecule has 1 aromatic carbocycles. The van der Waals surface area contributed by atoms with E-state index < -0.39 is 0 Å². The molecule has 0 aliphatic rings. The van der Waals surface area contributed by atoms with Crippen molar-refractivity contribution in [2.75, 3.05) is 19.8 Å². The monoisotopic (exact) mass is 386 g/mol. The van der Waals surface area contributed by atoms with Gasteiger partial charge in [0, 0.05) is 18.7 Å². The van der Waals surface area contributed by atoms with Gasteiger partial charge in [0.05, 0.1) is 23.3 Å². The fraction of sp³-hybridized carbons (Fsp3) is 0.467. The highest BCUT2D eigenvalue weighted by molar-refractivity contribution is 6.55. The van der Waals surface area contributed by atoms with Crippen molar-refractivity contribution in [3.8, 4) is 11.5 Å². The third-order valence-electron chi connectivity index (χ3n) is 2.77. The van der Waals surface area contributed by atoms with Crippen molar-refractivity contribution in [2.45, 2.75) is 25.7 Å². The molecule has 0 radical (unpaired) electrons. The van der Waals surface area contributed by atoms with Gasteiger partial charge >= 0.3 is 0 Å². The van der Waals surface area contributed by atoms with E-state index in [0.29, 0.717) is 35.6 Å². The van der Waals surface area contributed by atoms with E-state index in [4.69, 9.17) is 55.9 Å². The molecule has 124 valence electrons. The van der Waals surface area contributed by atoms with Crippen LogP contribution in [-0.2, 0) is 4.74 Å². The van der Waals surface area contributed by atoms with Crippen LogP contribution in [0.5, 0.6) is 11.5 Å². The number of halogens is 4. The first-order valence-electron chi connectivity index (χ1n) is 6.90. The molecule has 0 saturated carbocycles. The maximum absolute atomic E-state index is 9.32. The second-order valence-corrected chi connectivity index (χ2v) is 6.39. The lowest BCUT2D eigenvalue weighted by molar-refractivity contribution is 0.156. The normalized spacial score (nSPS) is 10.5. The van der Waals surface area contributed by atoms with Crippen molar-refractivity contribution >= 4 is 46.4 Å². The summed E-state index contributed by atoms with van der Waals surface area (Å²) >= 11 is 22.8. The minimum Gasteiger partial charge on any atom is -0.508 e. The summed E-state index contributed by atoms with van der Waals surface area (Å²) in [6.45, 7) is 1.63. The fourth-order valence-corrected chi connectivity index (χ4v) is 2.43. The van der Waals surface area contributed by atoms with E-state index in [1.54, 1.807) is 6.08 Å². The molecular weight excluding hydrogens is 370 g/mol. The van der Waals surface area contributed by atoms with Crippen molar-refractivity contribution < 1.29 is 14.6 Å². The fourth-order valence-electron chi connectivity index (χ4n) is 1.72. The van der Waals surface area contributed by atoms with Gasteiger partial charge in [0.1, 0.15) is 10.2 Å². The number of phenolic OH excluding ortho intramolecular Hbond substituents is 1. The van der Waals surface area contributed by atoms with Crippen LogP contribution in [0.4, 0.5) is 0 Å². The van der Waals surface area contributed by atoms with Crippen molar-refractivity contribution in [3.05, 3.63) is 32.7 Å². The third-order valence-corrected chi connectivity index (χ3v) is 3.64. The van der Waals surface area contributed by atoms with Gasteiger partial charge in [0.15, 0.2) is 5.75 Å². The zero-order chi connectivity index (χ0) is 16.4. The minimum absolute atomic E-state index is 0.0210. The van der Waals surface area contributed by atoms with E-state index in [-0.39, 0.29) is 10.2 Å². The van der Waals surface area contributed by atoms with Gasteiger partial charge < -0.3 is 14.6 Å². The number of unbranched alkanes of at least 4 members (excludes halogenated alkanes) is 3. The molecule has 0 atom stereocenters. The van der Waals surface area contributed by atoms with Gasteiger partial charge in [-0.2, -0.15) is 0 Å². The zero-order valence-electron chi connectivity index (χ0n) is 12.0. The highest BCUT2D eigenvalue weighted by atomic mass is 35.5.